The van der Waals surface area contributed by atoms with Crippen LogP contribution in [0.2, 0.25) is 0 Å². The summed E-state index contributed by atoms with van der Waals surface area (Å²) < 4.78 is 5.79. The number of carbonyl (C=O) groups excluding carboxylic acids is 2. The number of ether oxygens (including phenoxy) is 1. The minimum absolute atomic E-state index is 0.243. The highest BCUT2D eigenvalue weighted by atomic mass is 32.2. The first-order valence-corrected chi connectivity index (χ1v) is 10.5. The van der Waals surface area contributed by atoms with Gasteiger partial charge in [-0.1, -0.05) is 24.3 Å². The third-order valence-corrected chi connectivity index (χ3v) is 5.19. The van der Waals surface area contributed by atoms with E-state index in [0.29, 0.717) is 12.3 Å². The molecule has 0 saturated heterocycles. The molecule has 1 atom stereocenters. The van der Waals surface area contributed by atoms with E-state index in [1.165, 1.54) is 18.7 Å². The summed E-state index contributed by atoms with van der Waals surface area (Å²) in [7, 11) is 0. The van der Waals surface area contributed by atoms with E-state index in [2.05, 4.69) is 15.6 Å². The molecule has 1 unspecified atom stereocenters. The summed E-state index contributed by atoms with van der Waals surface area (Å²) in [5, 5.41) is 5.54. The Hall–Kier alpha value is -3.32. The molecule has 0 bridgehead atoms. The molecule has 6 nitrogen and oxygen atoms in total. The van der Waals surface area contributed by atoms with Crippen LogP contribution in [0.5, 0.6) is 11.5 Å². The number of nitrogens with zero attached hydrogens (tertiary/aromatic N) is 1. The normalized spacial score (nSPS) is 11.4. The Bertz CT molecular complexity index is 950. The first-order chi connectivity index (χ1) is 14.6. The van der Waals surface area contributed by atoms with E-state index in [4.69, 9.17) is 4.74 Å². The number of rotatable bonds is 9. The number of hydrogen-bond donors (Lipinski definition) is 2. The van der Waals surface area contributed by atoms with Crippen molar-refractivity contribution < 1.29 is 14.3 Å². The number of thioether (sulfide) groups is 1. The molecular formula is C23H23N3O3S. The topological polar surface area (TPSA) is 80.3 Å². The van der Waals surface area contributed by atoms with Crippen LogP contribution in [-0.2, 0) is 16.1 Å². The number of nitrogens with one attached hydrogen (secondary N) is 2. The second-order valence-corrected chi connectivity index (χ2v) is 7.58. The molecule has 2 amide bonds. The predicted octanol–water partition coefficient (Wildman–Crippen LogP) is 3.79. The third-order valence-electron chi connectivity index (χ3n) is 4.08. The highest BCUT2D eigenvalue weighted by Gasteiger charge is 2.19. The molecule has 3 rings (SSSR count). The van der Waals surface area contributed by atoms with Crippen molar-refractivity contribution in [3.8, 4) is 11.5 Å². The maximum atomic E-state index is 12.5. The summed E-state index contributed by atoms with van der Waals surface area (Å²) >= 11 is 1.49. The summed E-state index contributed by atoms with van der Waals surface area (Å²) in [6, 6.07) is 22.0. The van der Waals surface area contributed by atoms with E-state index in [-0.39, 0.29) is 11.8 Å². The molecule has 2 aromatic carbocycles. The van der Waals surface area contributed by atoms with Gasteiger partial charge in [-0.05, 0) is 48.5 Å². The summed E-state index contributed by atoms with van der Waals surface area (Å²) in [6.45, 7) is 1.71. The largest absolute Gasteiger partial charge is 0.457 e. The van der Waals surface area contributed by atoms with Crippen molar-refractivity contribution in [3.05, 3.63) is 84.7 Å². The van der Waals surface area contributed by atoms with Crippen LogP contribution in [0.25, 0.3) is 0 Å². The van der Waals surface area contributed by atoms with E-state index < -0.39 is 6.04 Å². The van der Waals surface area contributed by atoms with E-state index in [9.17, 15) is 9.59 Å². The first-order valence-electron chi connectivity index (χ1n) is 9.50. The summed E-state index contributed by atoms with van der Waals surface area (Å²) in [4.78, 5) is 29.2. The fourth-order valence-corrected chi connectivity index (χ4v) is 3.56. The minimum atomic E-state index is -0.642. The fourth-order valence-electron chi connectivity index (χ4n) is 2.64. The zero-order valence-electron chi connectivity index (χ0n) is 16.6. The van der Waals surface area contributed by atoms with Crippen molar-refractivity contribution in [1.29, 1.82) is 0 Å². The van der Waals surface area contributed by atoms with Crippen molar-refractivity contribution in [2.75, 3.05) is 5.75 Å². The van der Waals surface area contributed by atoms with E-state index in [1.807, 2.05) is 72.8 Å². The molecule has 154 valence electrons. The summed E-state index contributed by atoms with van der Waals surface area (Å²) in [5.41, 5.74) is 0.758. The van der Waals surface area contributed by atoms with Gasteiger partial charge >= 0.3 is 0 Å². The first kappa shape index (κ1) is 21.4. The van der Waals surface area contributed by atoms with Crippen LogP contribution in [0.15, 0.2) is 83.9 Å². The van der Waals surface area contributed by atoms with Crippen molar-refractivity contribution >= 4 is 23.6 Å². The second kappa shape index (κ2) is 11.0. The van der Waals surface area contributed by atoms with Crippen molar-refractivity contribution in [2.24, 2.45) is 0 Å². The number of carbonyl (C=O) groups is 2. The Morgan fingerprint density at radius 3 is 2.33 bits per heavy atom. The predicted molar refractivity (Wildman–Crippen MR) is 117 cm³/mol. The number of amides is 2. The molecule has 0 aliphatic carbocycles. The molecule has 0 spiro atoms. The molecular weight excluding hydrogens is 398 g/mol. The lowest BCUT2D eigenvalue weighted by atomic mass is 10.3. The monoisotopic (exact) mass is 421 g/mol. The average molecular weight is 422 g/mol. The maximum absolute atomic E-state index is 12.5. The average Bonchev–Trinajstić information content (AvgIpc) is 2.77. The maximum Gasteiger partial charge on any atom is 0.243 e. The molecule has 0 radical (unpaired) electrons. The minimum Gasteiger partial charge on any atom is -0.457 e. The number of hydrogen-bond acceptors (Lipinski definition) is 5. The third kappa shape index (κ3) is 6.93. The van der Waals surface area contributed by atoms with Gasteiger partial charge in [-0.15, -0.1) is 11.8 Å². The lowest BCUT2D eigenvalue weighted by Gasteiger charge is -2.17. The standard InChI is InChI=1S/C23H23N3O3S/c1-17(27)26-22(23(28)25-15-18-7-5-6-14-24-18)16-30-21-12-10-20(11-13-21)29-19-8-3-2-4-9-19/h2-14,22H,15-16H2,1H3,(H,25,28)(H,26,27). The van der Waals surface area contributed by atoms with E-state index in [1.54, 1.807) is 6.20 Å². The number of para-hydroxylation sites is 1. The Balaban J connectivity index is 1.54. The summed E-state index contributed by atoms with van der Waals surface area (Å²) in [6.07, 6.45) is 1.67. The molecule has 1 aromatic heterocycles. The van der Waals surface area contributed by atoms with Gasteiger partial charge in [0.05, 0.1) is 12.2 Å². The number of benzene rings is 2. The van der Waals surface area contributed by atoms with E-state index >= 15 is 0 Å². The number of aromatic nitrogens is 1. The molecule has 1 heterocycles. The van der Waals surface area contributed by atoms with Crippen LogP contribution in [0.4, 0.5) is 0 Å². The van der Waals surface area contributed by atoms with Gasteiger partial charge in [-0.25, -0.2) is 0 Å². The van der Waals surface area contributed by atoms with Gasteiger partial charge in [0.2, 0.25) is 11.8 Å². The molecule has 7 heteroatoms. The van der Waals surface area contributed by atoms with Crippen LogP contribution < -0.4 is 15.4 Å². The molecule has 0 aliphatic heterocycles. The molecule has 30 heavy (non-hydrogen) atoms. The van der Waals surface area contributed by atoms with Crippen molar-refractivity contribution in [3.63, 3.8) is 0 Å². The smallest absolute Gasteiger partial charge is 0.243 e. The van der Waals surface area contributed by atoms with Gasteiger partial charge in [0.1, 0.15) is 17.5 Å². The molecule has 2 N–H and O–H groups in total. The van der Waals surface area contributed by atoms with Crippen molar-refractivity contribution in [2.45, 2.75) is 24.4 Å². The van der Waals surface area contributed by atoms with Crippen LogP contribution in [0, 0.1) is 0 Å². The molecule has 0 fully saturated rings. The summed E-state index contributed by atoms with van der Waals surface area (Å²) in [5.74, 6) is 1.42. The van der Waals surface area contributed by atoms with Gasteiger partial charge in [0.15, 0.2) is 0 Å². The molecule has 0 aliphatic rings. The quantitative estimate of drug-likeness (QED) is 0.514. The van der Waals surface area contributed by atoms with Crippen molar-refractivity contribution in [1.82, 2.24) is 15.6 Å². The Labute approximate surface area is 180 Å². The molecule has 3 aromatic rings. The van der Waals surface area contributed by atoms with Gasteiger partial charge in [-0.2, -0.15) is 0 Å². The van der Waals surface area contributed by atoms with Gasteiger partial charge < -0.3 is 15.4 Å². The molecule has 0 saturated carbocycles. The second-order valence-electron chi connectivity index (χ2n) is 6.49. The lowest BCUT2D eigenvalue weighted by Crippen LogP contribution is -2.47. The lowest BCUT2D eigenvalue weighted by molar-refractivity contribution is -0.127. The van der Waals surface area contributed by atoms with Crippen LogP contribution in [0.1, 0.15) is 12.6 Å². The zero-order valence-corrected chi connectivity index (χ0v) is 17.4. The van der Waals surface area contributed by atoms with Gasteiger partial charge in [0, 0.05) is 23.8 Å². The highest BCUT2D eigenvalue weighted by molar-refractivity contribution is 7.99. The van der Waals surface area contributed by atoms with Crippen LogP contribution in [-0.4, -0.2) is 28.6 Å². The Morgan fingerprint density at radius 1 is 0.967 bits per heavy atom. The fraction of sp³-hybridized carbons (Fsp3) is 0.174. The SMILES string of the molecule is CC(=O)NC(CSc1ccc(Oc2ccccc2)cc1)C(=O)NCc1ccccn1. The van der Waals surface area contributed by atoms with E-state index in [0.717, 1.165) is 22.1 Å². The highest BCUT2D eigenvalue weighted by Crippen LogP contribution is 2.25. The Morgan fingerprint density at radius 2 is 1.67 bits per heavy atom. The number of pyridine rings is 1. The Kier molecular flexibility index (Phi) is 7.86. The van der Waals surface area contributed by atoms with Gasteiger partial charge in [-0.3, -0.25) is 14.6 Å². The zero-order chi connectivity index (χ0) is 21.2. The van der Waals surface area contributed by atoms with Gasteiger partial charge in [0.25, 0.3) is 0 Å². The van der Waals surface area contributed by atoms with Crippen LogP contribution >= 0.6 is 11.8 Å². The van der Waals surface area contributed by atoms with Crippen LogP contribution in [0.3, 0.4) is 0 Å².